The monoisotopic (exact) mass is 330 g/mol. The van der Waals surface area contributed by atoms with Gasteiger partial charge in [0, 0.05) is 12.7 Å². The van der Waals surface area contributed by atoms with Crippen LogP contribution in [-0.2, 0) is 16.6 Å². The number of fused-ring (bicyclic) bond motifs is 1. The van der Waals surface area contributed by atoms with Crippen LogP contribution in [0.5, 0.6) is 0 Å². The van der Waals surface area contributed by atoms with E-state index >= 15 is 0 Å². The molecular weight excluding hydrogens is 312 g/mol. The predicted molar refractivity (Wildman–Crippen MR) is 88.7 cm³/mol. The van der Waals surface area contributed by atoms with E-state index in [0.29, 0.717) is 11.1 Å². The van der Waals surface area contributed by atoms with Gasteiger partial charge in [0.25, 0.3) is 0 Å². The molecule has 2 aromatic rings. The number of aromatic nitrogens is 1. The largest absolute Gasteiger partial charge is 0.480 e. The lowest BCUT2D eigenvalue weighted by Gasteiger charge is -2.36. The van der Waals surface area contributed by atoms with Gasteiger partial charge in [-0.25, -0.2) is 9.59 Å². The van der Waals surface area contributed by atoms with Crippen molar-refractivity contribution in [3.8, 4) is 12.3 Å². The highest BCUT2D eigenvalue weighted by Crippen LogP contribution is 2.31. The van der Waals surface area contributed by atoms with Crippen LogP contribution in [-0.4, -0.2) is 27.6 Å². The van der Waals surface area contributed by atoms with Gasteiger partial charge in [0.2, 0.25) is 0 Å². The molecular formula is C17H18N2O5. The number of amides is 1. The molecule has 7 nitrogen and oxygen atoms in total. The Morgan fingerprint density at radius 2 is 2.00 bits per heavy atom. The summed E-state index contributed by atoms with van der Waals surface area (Å²) in [6.07, 6.45) is 5.23. The van der Waals surface area contributed by atoms with E-state index in [1.807, 2.05) is 5.92 Å². The maximum Gasteiger partial charge on any atom is 0.419 e. The number of nitrogens with zero attached hydrogens (tertiary/aromatic N) is 2. The lowest BCUT2D eigenvalue weighted by molar-refractivity contribution is -0.142. The summed E-state index contributed by atoms with van der Waals surface area (Å²) in [4.78, 5) is 36.7. The fourth-order valence-electron chi connectivity index (χ4n) is 2.59. The number of rotatable bonds is 3. The zero-order valence-corrected chi connectivity index (χ0v) is 13.9. The zero-order chi connectivity index (χ0) is 18.2. The first-order valence-corrected chi connectivity index (χ1v) is 7.20. The maximum atomic E-state index is 12.3. The highest BCUT2D eigenvalue weighted by molar-refractivity contribution is 6.09. The third-order valence-electron chi connectivity index (χ3n) is 3.71. The number of carboxylic acids is 1. The van der Waals surface area contributed by atoms with Crippen molar-refractivity contribution in [3.05, 3.63) is 28.7 Å². The van der Waals surface area contributed by atoms with E-state index < -0.39 is 29.1 Å². The van der Waals surface area contributed by atoms with Crippen molar-refractivity contribution in [1.82, 2.24) is 4.57 Å². The second-order valence-corrected chi connectivity index (χ2v) is 6.51. The van der Waals surface area contributed by atoms with Gasteiger partial charge in [0.1, 0.15) is 6.04 Å². The molecule has 7 heteroatoms. The number of carbonyl (C=O) groups is 2. The normalized spacial score (nSPS) is 12.6. The van der Waals surface area contributed by atoms with Crippen LogP contribution in [0.3, 0.4) is 0 Å². The minimum Gasteiger partial charge on any atom is -0.480 e. The van der Waals surface area contributed by atoms with E-state index in [0.717, 1.165) is 4.90 Å². The van der Waals surface area contributed by atoms with Crippen molar-refractivity contribution < 1.29 is 19.1 Å². The Labute approximate surface area is 138 Å². The van der Waals surface area contributed by atoms with E-state index in [-0.39, 0.29) is 5.69 Å². The molecule has 0 aliphatic carbocycles. The molecule has 0 fully saturated rings. The van der Waals surface area contributed by atoms with Crippen LogP contribution in [0, 0.1) is 17.8 Å². The molecule has 1 N–H and O–H groups in total. The van der Waals surface area contributed by atoms with Crippen molar-refractivity contribution >= 4 is 28.7 Å². The topological polar surface area (TPSA) is 92.8 Å². The predicted octanol–water partition coefficient (Wildman–Crippen LogP) is 1.60. The van der Waals surface area contributed by atoms with E-state index in [1.165, 1.54) is 29.8 Å². The summed E-state index contributed by atoms with van der Waals surface area (Å²) in [5.74, 6) is -0.529. The highest BCUT2D eigenvalue weighted by Gasteiger charge is 2.39. The average Bonchev–Trinajstić information content (AvgIpc) is 2.77. The van der Waals surface area contributed by atoms with Gasteiger partial charge in [-0.15, -0.1) is 6.42 Å². The molecule has 0 bridgehead atoms. The highest BCUT2D eigenvalue weighted by atomic mass is 16.4. The summed E-state index contributed by atoms with van der Waals surface area (Å²) in [5, 5.41) is 9.62. The summed E-state index contributed by atoms with van der Waals surface area (Å²) in [7, 11) is 1.52. The molecule has 1 amide bonds. The van der Waals surface area contributed by atoms with Crippen LogP contribution in [0.2, 0.25) is 0 Å². The summed E-state index contributed by atoms with van der Waals surface area (Å²) >= 11 is 0. The number of aryl methyl sites for hydroxylation is 1. The van der Waals surface area contributed by atoms with Crippen molar-refractivity contribution in [2.24, 2.45) is 12.5 Å². The van der Waals surface area contributed by atoms with Crippen molar-refractivity contribution in [2.45, 2.75) is 26.8 Å². The van der Waals surface area contributed by atoms with Crippen molar-refractivity contribution in [3.63, 3.8) is 0 Å². The van der Waals surface area contributed by atoms with E-state index in [1.54, 1.807) is 20.8 Å². The smallest absolute Gasteiger partial charge is 0.419 e. The van der Waals surface area contributed by atoms with Gasteiger partial charge in [0.05, 0.1) is 5.52 Å². The summed E-state index contributed by atoms with van der Waals surface area (Å²) in [5.41, 5.74) is 0.284. The van der Waals surface area contributed by atoms with Gasteiger partial charge in [-0.1, -0.05) is 20.8 Å². The first kappa shape index (κ1) is 17.3. The van der Waals surface area contributed by atoms with E-state index in [4.69, 9.17) is 10.8 Å². The molecule has 0 spiro atoms. The molecule has 0 aliphatic heterocycles. The van der Waals surface area contributed by atoms with Crippen molar-refractivity contribution in [2.75, 3.05) is 4.90 Å². The molecule has 0 saturated carbocycles. The average molecular weight is 330 g/mol. The molecule has 1 unspecified atom stereocenters. The van der Waals surface area contributed by atoms with Crippen molar-refractivity contribution in [1.29, 1.82) is 0 Å². The molecule has 0 radical (unpaired) electrons. The fourth-order valence-corrected chi connectivity index (χ4v) is 2.59. The Balaban J connectivity index is 2.71. The Morgan fingerprint density at radius 1 is 1.38 bits per heavy atom. The first-order valence-electron chi connectivity index (χ1n) is 7.20. The van der Waals surface area contributed by atoms with Gasteiger partial charge < -0.3 is 9.52 Å². The molecule has 1 heterocycles. The van der Waals surface area contributed by atoms with Crippen LogP contribution in [0.4, 0.5) is 5.69 Å². The van der Waals surface area contributed by atoms with Crippen LogP contribution in [0.1, 0.15) is 20.8 Å². The quantitative estimate of drug-likeness (QED) is 0.863. The van der Waals surface area contributed by atoms with Crippen LogP contribution < -0.4 is 10.7 Å². The number of carboxylic acid groups (broad SMARTS) is 1. The van der Waals surface area contributed by atoms with Gasteiger partial charge in [0.15, 0.2) is 5.58 Å². The Kier molecular flexibility index (Phi) is 4.26. The minimum atomic E-state index is -1.18. The van der Waals surface area contributed by atoms with Crippen LogP contribution >= 0.6 is 0 Å². The zero-order valence-electron chi connectivity index (χ0n) is 13.9. The molecule has 1 atom stereocenters. The fraction of sp³-hybridized carbons (Fsp3) is 0.353. The van der Waals surface area contributed by atoms with E-state index in [2.05, 4.69) is 0 Å². The Bertz CT molecular complexity index is 908. The lowest BCUT2D eigenvalue weighted by Crippen LogP contribution is -2.52. The summed E-state index contributed by atoms with van der Waals surface area (Å²) in [6, 6.07) is 3.34. The van der Waals surface area contributed by atoms with Gasteiger partial charge in [-0.05, 0) is 29.5 Å². The van der Waals surface area contributed by atoms with E-state index in [9.17, 15) is 19.5 Å². The summed E-state index contributed by atoms with van der Waals surface area (Å²) < 4.78 is 6.31. The SMILES string of the molecule is C#CC(=O)N(c1ccc2oc(=O)n(C)c2c1)C(C(=O)O)C(C)(C)C. The summed E-state index contributed by atoms with van der Waals surface area (Å²) in [6.45, 7) is 5.11. The van der Waals surface area contributed by atoms with Crippen LogP contribution in [0.25, 0.3) is 11.1 Å². The molecule has 126 valence electrons. The number of anilines is 1. The second-order valence-electron chi connectivity index (χ2n) is 6.51. The Morgan fingerprint density at radius 3 is 2.50 bits per heavy atom. The molecule has 1 aromatic heterocycles. The number of oxazole rings is 1. The third kappa shape index (κ3) is 2.91. The molecule has 2 rings (SSSR count). The number of hydrogen-bond donors (Lipinski definition) is 1. The number of benzene rings is 1. The number of carbonyl (C=O) groups excluding carboxylic acids is 1. The standard InChI is InChI=1S/C17H18N2O5/c1-6-13(20)19(14(15(21)22)17(2,3)4)10-7-8-12-11(9-10)18(5)16(23)24-12/h1,7-9,14H,2-5H3,(H,21,22). The first-order chi connectivity index (χ1) is 11.1. The number of terminal acetylenes is 1. The second kappa shape index (κ2) is 5.89. The van der Waals surface area contributed by atoms with Gasteiger partial charge in [-0.3, -0.25) is 14.3 Å². The lowest BCUT2D eigenvalue weighted by atomic mass is 9.85. The maximum absolute atomic E-state index is 12.3. The molecule has 0 saturated heterocycles. The molecule has 0 aliphatic rings. The molecule has 1 aromatic carbocycles. The third-order valence-corrected chi connectivity index (χ3v) is 3.71. The molecule has 24 heavy (non-hydrogen) atoms. The minimum absolute atomic E-state index is 0.282. The Hall–Kier alpha value is -3.01. The van der Waals surface area contributed by atoms with Crippen LogP contribution in [0.15, 0.2) is 27.4 Å². The number of aliphatic carboxylic acids is 1. The van der Waals surface area contributed by atoms with Gasteiger partial charge in [-0.2, -0.15) is 0 Å². The number of hydrogen-bond acceptors (Lipinski definition) is 4. The van der Waals surface area contributed by atoms with Gasteiger partial charge >= 0.3 is 17.6 Å².